The molecule has 2 atom stereocenters. The highest BCUT2D eigenvalue weighted by Gasteiger charge is 2.35. The van der Waals surface area contributed by atoms with Gasteiger partial charge in [-0.2, -0.15) is 0 Å². The quantitative estimate of drug-likeness (QED) is 0.880. The van der Waals surface area contributed by atoms with Crippen molar-refractivity contribution in [2.75, 3.05) is 30.3 Å². The zero-order chi connectivity index (χ0) is 14.8. The summed E-state index contributed by atoms with van der Waals surface area (Å²) in [7, 11) is 0. The molecule has 1 aromatic rings. The van der Waals surface area contributed by atoms with Crippen LogP contribution in [0, 0.1) is 0 Å². The summed E-state index contributed by atoms with van der Waals surface area (Å²) in [5.41, 5.74) is 0. The second kappa shape index (κ2) is 6.59. The maximum atomic E-state index is 6.30. The number of pyridine rings is 1. The molecule has 0 bridgehead atoms. The molecule has 2 aliphatic heterocycles. The Hall–Kier alpha value is -0.710. The zero-order valence-corrected chi connectivity index (χ0v) is 13.8. The second-order valence-electron chi connectivity index (χ2n) is 5.82. The van der Waals surface area contributed by atoms with Gasteiger partial charge in [-0.3, -0.25) is 4.90 Å². The van der Waals surface area contributed by atoms with Crippen molar-refractivity contribution in [1.82, 2.24) is 9.88 Å². The van der Waals surface area contributed by atoms with Crippen molar-refractivity contribution in [1.29, 1.82) is 0 Å². The van der Waals surface area contributed by atoms with Gasteiger partial charge in [-0.25, -0.2) is 4.98 Å². The van der Waals surface area contributed by atoms with Gasteiger partial charge in [0.25, 0.3) is 0 Å². The molecule has 2 saturated heterocycles. The van der Waals surface area contributed by atoms with Crippen molar-refractivity contribution in [2.45, 2.75) is 44.7 Å². The highest BCUT2D eigenvalue weighted by Crippen LogP contribution is 2.33. The van der Waals surface area contributed by atoms with Gasteiger partial charge in [0.1, 0.15) is 11.6 Å². The molecule has 116 valence electrons. The lowest BCUT2D eigenvalue weighted by Crippen LogP contribution is -2.41. The Labute approximate surface area is 136 Å². The van der Waals surface area contributed by atoms with E-state index in [4.69, 9.17) is 23.2 Å². The summed E-state index contributed by atoms with van der Waals surface area (Å²) < 4.78 is 0. The molecule has 0 amide bonds. The van der Waals surface area contributed by atoms with Crippen molar-refractivity contribution < 1.29 is 0 Å². The fourth-order valence-corrected chi connectivity index (χ4v) is 3.93. The van der Waals surface area contributed by atoms with Gasteiger partial charge in [-0.1, -0.05) is 29.6 Å². The molecule has 0 aliphatic carbocycles. The molecular formula is C15H22Cl2N4. The Kier molecular flexibility index (Phi) is 4.77. The van der Waals surface area contributed by atoms with Crippen LogP contribution in [0.25, 0.3) is 0 Å². The molecule has 4 nitrogen and oxygen atoms in total. The van der Waals surface area contributed by atoms with Crippen LogP contribution in [-0.4, -0.2) is 41.6 Å². The van der Waals surface area contributed by atoms with E-state index in [2.05, 4.69) is 20.5 Å². The molecular weight excluding hydrogens is 307 g/mol. The highest BCUT2D eigenvalue weighted by atomic mass is 35.5. The molecule has 0 aromatic carbocycles. The molecule has 2 fully saturated rings. The van der Waals surface area contributed by atoms with Crippen LogP contribution in [0.5, 0.6) is 0 Å². The number of hydrogen-bond donors (Lipinski definition) is 2. The minimum Gasteiger partial charge on any atom is -0.369 e. The average Bonchev–Trinajstić information content (AvgIpc) is 2.88. The summed E-state index contributed by atoms with van der Waals surface area (Å²) in [5, 5.41) is 7.88. The highest BCUT2D eigenvalue weighted by molar-refractivity contribution is 6.37. The molecule has 6 heteroatoms. The molecule has 2 N–H and O–H groups in total. The molecule has 2 unspecified atom stereocenters. The van der Waals surface area contributed by atoms with Crippen LogP contribution >= 0.6 is 23.2 Å². The summed E-state index contributed by atoms with van der Waals surface area (Å²) in [6.45, 7) is 5.21. The van der Waals surface area contributed by atoms with Gasteiger partial charge < -0.3 is 10.6 Å². The smallest absolute Gasteiger partial charge is 0.147 e. The van der Waals surface area contributed by atoms with Gasteiger partial charge in [0.15, 0.2) is 0 Å². The van der Waals surface area contributed by atoms with Crippen molar-refractivity contribution in [2.24, 2.45) is 0 Å². The van der Waals surface area contributed by atoms with Gasteiger partial charge in [0.2, 0.25) is 0 Å². The number of fused-ring (bicyclic) bond motifs is 1. The lowest BCUT2D eigenvalue weighted by atomic mass is 9.99. The third-order valence-corrected chi connectivity index (χ3v) is 5.03. The standard InChI is InChI=1S/C15H22Cl2N4/c1-2-18-14-10(16)9-11(17)15(20-14)19-12-6-8-21-7-4-3-5-13(12)21/h9,12-13H,2-8H2,1H3,(H2,18,19,20). The predicted molar refractivity (Wildman–Crippen MR) is 89.7 cm³/mol. The van der Waals surface area contributed by atoms with E-state index >= 15 is 0 Å². The minimum atomic E-state index is 0.436. The van der Waals surface area contributed by atoms with Crippen LogP contribution in [0.15, 0.2) is 6.07 Å². The Morgan fingerprint density at radius 2 is 2.00 bits per heavy atom. The number of hydrogen-bond acceptors (Lipinski definition) is 4. The van der Waals surface area contributed by atoms with E-state index in [-0.39, 0.29) is 0 Å². The molecule has 1 aromatic heterocycles. The first-order valence-electron chi connectivity index (χ1n) is 7.79. The van der Waals surface area contributed by atoms with Crippen molar-refractivity contribution in [3.63, 3.8) is 0 Å². The second-order valence-corrected chi connectivity index (χ2v) is 6.63. The normalized spacial score (nSPS) is 25.7. The fraction of sp³-hybridized carbons (Fsp3) is 0.667. The number of halogens is 2. The monoisotopic (exact) mass is 328 g/mol. The molecule has 0 saturated carbocycles. The van der Waals surface area contributed by atoms with E-state index in [1.165, 1.54) is 32.4 Å². The first kappa shape index (κ1) is 15.2. The first-order valence-corrected chi connectivity index (χ1v) is 8.55. The lowest BCUT2D eigenvalue weighted by Gasteiger charge is -2.32. The Morgan fingerprint density at radius 1 is 1.19 bits per heavy atom. The largest absolute Gasteiger partial charge is 0.369 e. The number of anilines is 2. The van der Waals surface area contributed by atoms with E-state index < -0.39 is 0 Å². The van der Waals surface area contributed by atoms with Gasteiger partial charge in [0.05, 0.1) is 10.0 Å². The van der Waals surface area contributed by atoms with Gasteiger partial charge >= 0.3 is 0 Å². The molecule has 21 heavy (non-hydrogen) atoms. The van der Waals surface area contributed by atoms with Crippen molar-refractivity contribution in [3.8, 4) is 0 Å². The van der Waals surface area contributed by atoms with Crippen molar-refractivity contribution in [3.05, 3.63) is 16.1 Å². The van der Waals surface area contributed by atoms with Crippen LogP contribution in [0.1, 0.15) is 32.6 Å². The minimum absolute atomic E-state index is 0.436. The third kappa shape index (κ3) is 3.22. The van der Waals surface area contributed by atoms with Gasteiger partial charge in [-0.05, 0) is 38.8 Å². The van der Waals surface area contributed by atoms with Crippen LogP contribution in [0.4, 0.5) is 11.6 Å². The topological polar surface area (TPSA) is 40.2 Å². The van der Waals surface area contributed by atoms with Crippen LogP contribution < -0.4 is 10.6 Å². The third-order valence-electron chi connectivity index (χ3n) is 4.45. The first-order chi connectivity index (χ1) is 10.2. The summed E-state index contributed by atoms with van der Waals surface area (Å²) in [4.78, 5) is 7.15. The van der Waals surface area contributed by atoms with Crippen molar-refractivity contribution >= 4 is 34.8 Å². The van der Waals surface area contributed by atoms with E-state index in [1.807, 2.05) is 6.92 Å². The number of nitrogens with one attached hydrogen (secondary N) is 2. The predicted octanol–water partition coefficient (Wildman–Crippen LogP) is 3.86. The average molecular weight is 329 g/mol. The Bertz CT molecular complexity index is 509. The number of nitrogens with zero attached hydrogens (tertiary/aromatic N) is 2. The van der Waals surface area contributed by atoms with Gasteiger partial charge in [-0.15, -0.1) is 0 Å². The molecule has 3 heterocycles. The van der Waals surface area contributed by atoms with E-state index in [0.717, 1.165) is 18.8 Å². The van der Waals surface area contributed by atoms with Gasteiger partial charge in [0, 0.05) is 25.2 Å². The summed E-state index contributed by atoms with van der Waals surface area (Å²) in [6, 6.07) is 2.82. The fourth-order valence-electron chi connectivity index (χ4n) is 3.45. The van der Waals surface area contributed by atoms with Crippen LogP contribution in [0.3, 0.4) is 0 Å². The zero-order valence-electron chi connectivity index (χ0n) is 12.3. The molecule has 2 aliphatic rings. The maximum absolute atomic E-state index is 6.30. The molecule has 0 spiro atoms. The van der Waals surface area contributed by atoms with E-state index in [1.54, 1.807) is 6.07 Å². The number of rotatable bonds is 4. The number of aromatic nitrogens is 1. The number of piperidine rings is 1. The summed E-state index contributed by atoms with van der Waals surface area (Å²) in [5.74, 6) is 1.44. The summed E-state index contributed by atoms with van der Waals surface area (Å²) in [6.07, 6.45) is 5.07. The van der Waals surface area contributed by atoms with E-state index in [9.17, 15) is 0 Å². The summed E-state index contributed by atoms with van der Waals surface area (Å²) >= 11 is 12.5. The molecule has 0 radical (unpaired) electrons. The lowest BCUT2D eigenvalue weighted by molar-refractivity contribution is 0.192. The molecule has 3 rings (SSSR count). The van der Waals surface area contributed by atoms with Crippen LogP contribution in [0.2, 0.25) is 10.0 Å². The van der Waals surface area contributed by atoms with Crippen LogP contribution in [-0.2, 0) is 0 Å². The maximum Gasteiger partial charge on any atom is 0.147 e. The Morgan fingerprint density at radius 3 is 2.81 bits per heavy atom. The van der Waals surface area contributed by atoms with E-state index in [0.29, 0.717) is 27.9 Å². The SMILES string of the molecule is CCNc1nc(NC2CCN3CCCCC23)c(Cl)cc1Cl. The Balaban J connectivity index is 1.76.